The predicted molar refractivity (Wildman–Crippen MR) is 94.9 cm³/mol. The van der Waals surface area contributed by atoms with E-state index < -0.39 is 10.0 Å². The third-order valence-corrected chi connectivity index (χ3v) is 5.67. The first-order valence-electron chi connectivity index (χ1n) is 8.12. The average Bonchev–Trinajstić information content (AvgIpc) is 3.04. The van der Waals surface area contributed by atoms with E-state index in [1.165, 1.54) is 7.11 Å². The van der Waals surface area contributed by atoms with Crippen LogP contribution >= 0.6 is 0 Å². The molecule has 1 aromatic rings. The van der Waals surface area contributed by atoms with Gasteiger partial charge in [0.05, 0.1) is 19.1 Å². The number of carbonyl (C=O) groups excluding carboxylic acids is 1. The normalized spacial score (nSPS) is 15.3. The van der Waals surface area contributed by atoms with Crippen molar-refractivity contribution < 1.29 is 17.9 Å². The fourth-order valence-electron chi connectivity index (χ4n) is 3.11. The molecule has 0 bridgehead atoms. The Kier molecular flexibility index (Phi) is 5.74. The molecular weight excluding hydrogens is 328 g/mol. The number of anilines is 1. The van der Waals surface area contributed by atoms with Crippen LogP contribution in [0.1, 0.15) is 31.2 Å². The maximum absolute atomic E-state index is 12.6. The maximum Gasteiger partial charge on any atom is 0.243 e. The SMILES string of the molecule is COc1ccc(C)cc1N(CC(=O)N(C)C1CCCC1)S(C)(=O)=O. The summed E-state index contributed by atoms with van der Waals surface area (Å²) in [5.41, 5.74) is 1.30. The van der Waals surface area contributed by atoms with E-state index in [1.54, 1.807) is 24.1 Å². The number of methoxy groups -OCH3 is 1. The van der Waals surface area contributed by atoms with Gasteiger partial charge in [-0.3, -0.25) is 9.10 Å². The molecule has 2 rings (SSSR count). The van der Waals surface area contributed by atoms with Crippen molar-refractivity contribution in [1.82, 2.24) is 4.90 Å². The summed E-state index contributed by atoms with van der Waals surface area (Å²) in [5, 5.41) is 0. The molecule has 1 aliphatic carbocycles. The highest BCUT2D eigenvalue weighted by molar-refractivity contribution is 7.92. The van der Waals surface area contributed by atoms with E-state index in [0.717, 1.165) is 41.8 Å². The van der Waals surface area contributed by atoms with Crippen molar-refractivity contribution >= 4 is 21.6 Å². The van der Waals surface area contributed by atoms with Crippen LogP contribution in [0.3, 0.4) is 0 Å². The summed E-state index contributed by atoms with van der Waals surface area (Å²) >= 11 is 0. The van der Waals surface area contributed by atoms with Crippen molar-refractivity contribution in [2.24, 2.45) is 0 Å². The Balaban J connectivity index is 2.30. The molecule has 0 spiro atoms. The molecule has 1 amide bonds. The first kappa shape index (κ1) is 18.6. The number of nitrogens with zero attached hydrogens (tertiary/aromatic N) is 2. The summed E-state index contributed by atoms with van der Waals surface area (Å²) in [6.45, 7) is 1.65. The third kappa shape index (κ3) is 4.20. The van der Waals surface area contributed by atoms with E-state index in [2.05, 4.69) is 0 Å². The van der Waals surface area contributed by atoms with Crippen molar-refractivity contribution in [3.05, 3.63) is 23.8 Å². The van der Waals surface area contributed by atoms with E-state index in [4.69, 9.17) is 4.74 Å². The van der Waals surface area contributed by atoms with Gasteiger partial charge in [-0.2, -0.15) is 0 Å². The number of amides is 1. The highest BCUT2D eigenvalue weighted by atomic mass is 32.2. The smallest absolute Gasteiger partial charge is 0.243 e. The molecule has 1 aromatic carbocycles. The van der Waals surface area contributed by atoms with E-state index in [9.17, 15) is 13.2 Å². The standard InChI is InChI=1S/C17H26N2O4S/c1-13-9-10-16(23-3)15(11-13)19(24(4,21)22)12-17(20)18(2)14-7-5-6-8-14/h9-11,14H,5-8,12H2,1-4H3. The zero-order chi connectivity index (χ0) is 17.9. The monoisotopic (exact) mass is 354 g/mol. The van der Waals surface area contributed by atoms with Gasteiger partial charge in [-0.15, -0.1) is 0 Å². The Morgan fingerprint density at radius 3 is 2.46 bits per heavy atom. The molecule has 6 nitrogen and oxygen atoms in total. The number of hydrogen-bond donors (Lipinski definition) is 0. The van der Waals surface area contributed by atoms with Crippen LogP contribution in [-0.2, 0) is 14.8 Å². The zero-order valence-electron chi connectivity index (χ0n) is 14.8. The lowest BCUT2D eigenvalue weighted by Crippen LogP contribution is -2.44. The first-order valence-corrected chi connectivity index (χ1v) is 9.97. The third-order valence-electron chi connectivity index (χ3n) is 4.55. The van der Waals surface area contributed by atoms with Gasteiger partial charge in [-0.25, -0.2) is 8.42 Å². The average molecular weight is 354 g/mol. The summed E-state index contributed by atoms with van der Waals surface area (Å²) in [5.74, 6) is 0.234. The molecular formula is C17H26N2O4S. The molecule has 7 heteroatoms. The summed E-state index contributed by atoms with van der Waals surface area (Å²) in [7, 11) is -0.370. The van der Waals surface area contributed by atoms with Crippen LogP contribution in [0, 0.1) is 6.92 Å². The molecule has 0 aromatic heterocycles. The van der Waals surface area contributed by atoms with Gasteiger partial charge in [0.1, 0.15) is 12.3 Å². The molecule has 0 radical (unpaired) electrons. The lowest BCUT2D eigenvalue weighted by molar-refractivity contribution is -0.130. The quantitative estimate of drug-likeness (QED) is 0.785. The Bertz CT molecular complexity index is 697. The van der Waals surface area contributed by atoms with E-state index in [0.29, 0.717) is 11.4 Å². The number of carbonyl (C=O) groups is 1. The minimum atomic E-state index is -3.61. The van der Waals surface area contributed by atoms with Gasteiger partial charge in [-0.05, 0) is 37.5 Å². The molecule has 0 N–H and O–H groups in total. The molecule has 1 fully saturated rings. The number of ether oxygens (including phenoxy) is 1. The van der Waals surface area contributed by atoms with Crippen molar-refractivity contribution in [1.29, 1.82) is 0 Å². The molecule has 24 heavy (non-hydrogen) atoms. The highest BCUT2D eigenvalue weighted by Gasteiger charge is 2.29. The fourth-order valence-corrected chi connectivity index (χ4v) is 3.95. The molecule has 0 atom stereocenters. The second kappa shape index (κ2) is 7.42. The topological polar surface area (TPSA) is 66.9 Å². The van der Waals surface area contributed by atoms with Gasteiger partial charge in [-0.1, -0.05) is 18.9 Å². The summed E-state index contributed by atoms with van der Waals surface area (Å²) < 4.78 is 31.0. The highest BCUT2D eigenvalue weighted by Crippen LogP contribution is 2.31. The minimum absolute atomic E-state index is 0.198. The van der Waals surface area contributed by atoms with Gasteiger partial charge in [0.25, 0.3) is 0 Å². The first-order chi connectivity index (χ1) is 11.2. The van der Waals surface area contributed by atoms with Crippen molar-refractivity contribution in [2.75, 3.05) is 31.3 Å². The molecule has 0 heterocycles. The number of likely N-dealkylation sites (N-methyl/N-ethyl adjacent to an activating group) is 1. The van der Waals surface area contributed by atoms with Crippen LogP contribution < -0.4 is 9.04 Å². The van der Waals surface area contributed by atoms with Crippen LogP contribution in [0.2, 0.25) is 0 Å². The molecule has 0 aliphatic heterocycles. The van der Waals surface area contributed by atoms with E-state index >= 15 is 0 Å². The molecule has 1 aliphatic rings. The van der Waals surface area contributed by atoms with Crippen LogP contribution in [0.25, 0.3) is 0 Å². The van der Waals surface area contributed by atoms with Gasteiger partial charge in [0.2, 0.25) is 15.9 Å². The number of sulfonamides is 1. The predicted octanol–water partition coefficient (Wildman–Crippen LogP) is 2.17. The van der Waals surface area contributed by atoms with Crippen molar-refractivity contribution in [2.45, 2.75) is 38.6 Å². The number of benzene rings is 1. The Morgan fingerprint density at radius 2 is 1.92 bits per heavy atom. The second-order valence-electron chi connectivity index (χ2n) is 6.39. The van der Waals surface area contributed by atoms with Crippen LogP contribution in [0.4, 0.5) is 5.69 Å². The van der Waals surface area contributed by atoms with Gasteiger partial charge in [0, 0.05) is 13.1 Å². The van der Waals surface area contributed by atoms with Crippen molar-refractivity contribution in [3.63, 3.8) is 0 Å². The van der Waals surface area contributed by atoms with Crippen LogP contribution in [0.15, 0.2) is 18.2 Å². The Hall–Kier alpha value is -1.76. The van der Waals surface area contributed by atoms with Crippen LogP contribution in [0.5, 0.6) is 5.75 Å². The number of hydrogen-bond acceptors (Lipinski definition) is 4. The van der Waals surface area contributed by atoms with E-state index in [-0.39, 0.29) is 18.5 Å². The molecule has 0 saturated heterocycles. The minimum Gasteiger partial charge on any atom is -0.495 e. The van der Waals surface area contributed by atoms with E-state index in [1.807, 2.05) is 13.0 Å². The van der Waals surface area contributed by atoms with Gasteiger partial charge < -0.3 is 9.64 Å². The van der Waals surface area contributed by atoms with Crippen LogP contribution in [-0.4, -0.2) is 52.2 Å². The lowest BCUT2D eigenvalue weighted by Gasteiger charge is -2.29. The lowest BCUT2D eigenvalue weighted by atomic mass is 10.2. The molecule has 1 saturated carbocycles. The summed E-state index contributed by atoms with van der Waals surface area (Å²) in [4.78, 5) is 14.3. The Morgan fingerprint density at radius 1 is 1.29 bits per heavy atom. The maximum atomic E-state index is 12.6. The fraction of sp³-hybridized carbons (Fsp3) is 0.588. The largest absolute Gasteiger partial charge is 0.495 e. The summed E-state index contributed by atoms with van der Waals surface area (Å²) in [6, 6.07) is 5.49. The zero-order valence-corrected chi connectivity index (χ0v) is 15.6. The number of rotatable bonds is 6. The Labute approximate surface area is 144 Å². The molecule has 134 valence electrons. The van der Waals surface area contributed by atoms with Gasteiger partial charge in [0.15, 0.2) is 0 Å². The number of aryl methyl sites for hydroxylation is 1. The summed E-state index contributed by atoms with van der Waals surface area (Å²) in [6.07, 6.45) is 5.30. The van der Waals surface area contributed by atoms with Crippen molar-refractivity contribution in [3.8, 4) is 5.75 Å². The molecule has 0 unspecified atom stereocenters. The second-order valence-corrected chi connectivity index (χ2v) is 8.29. The van der Waals surface area contributed by atoms with Gasteiger partial charge >= 0.3 is 0 Å².